The maximum absolute atomic E-state index is 11.5. The molecule has 2 fully saturated rings. The lowest BCUT2D eigenvalue weighted by molar-refractivity contribution is -0.115. The Morgan fingerprint density at radius 2 is 1.93 bits per heavy atom. The lowest BCUT2D eigenvalue weighted by atomic mass is 9.98. The number of amidine groups is 1. The fourth-order valence-electron chi connectivity index (χ4n) is 3.53. The smallest absolute Gasteiger partial charge is 0.245 e. The van der Waals surface area contributed by atoms with E-state index in [1.165, 1.54) is 19.8 Å². The zero-order chi connectivity index (χ0) is 20.5. The second-order valence-electron chi connectivity index (χ2n) is 7.50. The van der Waals surface area contributed by atoms with Gasteiger partial charge in [-0.3, -0.25) is 9.80 Å². The van der Waals surface area contributed by atoms with E-state index in [0.29, 0.717) is 23.7 Å². The minimum atomic E-state index is -0.172. The highest BCUT2D eigenvalue weighted by atomic mass is 32.2. The first kappa shape index (κ1) is 19.0. The summed E-state index contributed by atoms with van der Waals surface area (Å²) in [6, 6.07) is 16.4. The number of hydrogen-bond donors (Lipinski definition) is 2. The third-order valence-electron chi connectivity index (χ3n) is 5.18. The van der Waals surface area contributed by atoms with Gasteiger partial charge in [-0.25, -0.2) is 10.5 Å². The Balaban J connectivity index is 1.36. The number of H-pyrrole nitrogens is 1. The lowest BCUT2D eigenvalue weighted by Crippen LogP contribution is -2.37. The molecule has 1 saturated heterocycles. The number of nitrogens with one attached hydrogen (secondary N) is 2. The molecule has 5 rings (SSSR count). The first-order valence-corrected chi connectivity index (χ1v) is 10.8. The summed E-state index contributed by atoms with van der Waals surface area (Å²) in [5.41, 5.74) is 7.76. The van der Waals surface area contributed by atoms with Gasteiger partial charge >= 0.3 is 0 Å². The number of rotatable bonds is 5. The Bertz CT molecular complexity index is 1080. The van der Waals surface area contributed by atoms with E-state index >= 15 is 0 Å². The number of tetrazole rings is 1. The van der Waals surface area contributed by atoms with E-state index < -0.39 is 0 Å². The molecule has 1 aliphatic carbocycles. The lowest BCUT2D eigenvalue weighted by Gasteiger charge is -2.19. The van der Waals surface area contributed by atoms with E-state index in [-0.39, 0.29) is 5.91 Å². The molecule has 1 unspecified atom stereocenters. The quantitative estimate of drug-likeness (QED) is 0.655. The largest absolute Gasteiger partial charge is 0.281 e. The van der Waals surface area contributed by atoms with Crippen LogP contribution in [0.3, 0.4) is 0 Å². The van der Waals surface area contributed by atoms with Crippen molar-refractivity contribution in [3.05, 3.63) is 54.1 Å². The highest BCUT2D eigenvalue weighted by molar-refractivity contribution is 8.14. The summed E-state index contributed by atoms with van der Waals surface area (Å²) in [5, 5.41) is 17.3. The first-order valence-electron chi connectivity index (χ1n) is 9.89. The molecule has 152 valence electrons. The van der Waals surface area contributed by atoms with E-state index in [1.807, 2.05) is 23.2 Å². The normalized spacial score (nSPS) is 20.1. The van der Waals surface area contributed by atoms with Crippen LogP contribution in [0.25, 0.3) is 22.5 Å². The molecule has 9 heteroatoms. The molecule has 3 aromatic rings. The van der Waals surface area contributed by atoms with Gasteiger partial charge in [0.15, 0.2) is 11.0 Å². The third-order valence-corrected chi connectivity index (χ3v) is 6.45. The van der Waals surface area contributed by atoms with Crippen LogP contribution in [0.1, 0.15) is 25.3 Å². The molecule has 1 aliphatic heterocycles. The van der Waals surface area contributed by atoms with Crippen LogP contribution in [-0.4, -0.2) is 42.1 Å². The molecular formula is C21H21N7OS. The highest BCUT2D eigenvalue weighted by Crippen LogP contribution is 2.41. The Kier molecular flexibility index (Phi) is 5.06. The standard InChI is InChI=1S/C21H21N7OS/c1-13(29)22-21-28(25-20(30-21)16-10-11-16)12-14-6-8-15(9-7-14)17-4-2-3-5-18(17)19-23-26-27-24-19/h2-9,16,20,25H,10-12H2,1H3,(H,23,24,26,27). The molecule has 1 atom stereocenters. The topological polar surface area (TPSA) is 99.2 Å². The maximum atomic E-state index is 11.5. The van der Waals surface area contributed by atoms with Crippen LogP contribution < -0.4 is 5.43 Å². The Morgan fingerprint density at radius 1 is 1.17 bits per heavy atom. The summed E-state index contributed by atoms with van der Waals surface area (Å²) in [4.78, 5) is 15.8. The van der Waals surface area contributed by atoms with Crippen LogP contribution in [0.15, 0.2) is 53.5 Å². The average molecular weight is 420 g/mol. The molecule has 30 heavy (non-hydrogen) atoms. The van der Waals surface area contributed by atoms with E-state index in [0.717, 1.165) is 27.4 Å². The summed E-state index contributed by atoms with van der Waals surface area (Å²) in [5.74, 6) is 1.14. The first-order chi connectivity index (χ1) is 14.7. The number of nitrogens with zero attached hydrogens (tertiary/aromatic N) is 5. The zero-order valence-electron chi connectivity index (χ0n) is 16.4. The second-order valence-corrected chi connectivity index (χ2v) is 8.61. The number of hydrazine groups is 1. The molecule has 0 bridgehead atoms. The number of aromatic nitrogens is 4. The average Bonchev–Trinajstić information content (AvgIpc) is 3.31. The van der Waals surface area contributed by atoms with E-state index in [4.69, 9.17) is 0 Å². The van der Waals surface area contributed by atoms with Crippen molar-refractivity contribution in [3.8, 4) is 22.5 Å². The van der Waals surface area contributed by atoms with Crippen molar-refractivity contribution in [2.75, 3.05) is 0 Å². The molecule has 0 spiro atoms. The van der Waals surface area contributed by atoms with Gasteiger partial charge in [-0.05, 0) is 45.9 Å². The summed E-state index contributed by atoms with van der Waals surface area (Å²) in [6.07, 6.45) is 2.47. The third kappa shape index (κ3) is 3.99. The van der Waals surface area contributed by atoms with Crippen molar-refractivity contribution < 1.29 is 4.79 Å². The number of carbonyl (C=O) groups is 1. The summed E-state index contributed by atoms with van der Waals surface area (Å²) < 4.78 is 0. The molecule has 2 aromatic carbocycles. The number of aromatic amines is 1. The van der Waals surface area contributed by atoms with Gasteiger partial charge < -0.3 is 0 Å². The summed E-state index contributed by atoms with van der Waals surface area (Å²) >= 11 is 1.66. The van der Waals surface area contributed by atoms with Crippen LogP contribution in [-0.2, 0) is 11.3 Å². The Hall–Kier alpha value is -3.04. The summed E-state index contributed by atoms with van der Waals surface area (Å²) in [7, 11) is 0. The van der Waals surface area contributed by atoms with Crippen LogP contribution in [0.2, 0.25) is 0 Å². The van der Waals surface area contributed by atoms with Crippen LogP contribution in [0.5, 0.6) is 0 Å². The number of aliphatic imine (C=N–C) groups is 1. The van der Waals surface area contributed by atoms with Crippen molar-refractivity contribution >= 4 is 22.8 Å². The van der Waals surface area contributed by atoms with Gasteiger partial charge in [-0.1, -0.05) is 60.3 Å². The number of amides is 1. The Labute approximate surface area is 178 Å². The minimum absolute atomic E-state index is 0.172. The van der Waals surface area contributed by atoms with E-state index in [2.05, 4.69) is 61.4 Å². The highest BCUT2D eigenvalue weighted by Gasteiger charge is 2.39. The van der Waals surface area contributed by atoms with Crippen molar-refractivity contribution in [2.45, 2.75) is 31.7 Å². The van der Waals surface area contributed by atoms with Gasteiger partial charge in [0.2, 0.25) is 5.91 Å². The fourth-order valence-corrected chi connectivity index (χ4v) is 4.83. The molecule has 1 aromatic heterocycles. The van der Waals surface area contributed by atoms with Crippen molar-refractivity contribution in [1.82, 2.24) is 31.1 Å². The molecule has 8 nitrogen and oxygen atoms in total. The molecule has 2 N–H and O–H groups in total. The maximum Gasteiger partial charge on any atom is 0.245 e. The van der Waals surface area contributed by atoms with E-state index in [1.54, 1.807) is 11.8 Å². The zero-order valence-corrected chi connectivity index (χ0v) is 17.3. The van der Waals surface area contributed by atoms with Gasteiger partial charge in [-0.15, -0.1) is 5.10 Å². The molecule has 2 aliphatic rings. The van der Waals surface area contributed by atoms with Crippen LogP contribution in [0, 0.1) is 5.92 Å². The predicted octanol–water partition coefficient (Wildman–Crippen LogP) is 3.23. The minimum Gasteiger partial charge on any atom is -0.281 e. The summed E-state index contributed by atoms with van der Waals surface area (Å²) in [6.45, 7) is 2.14. The second kappa shape index (κ2) is 8.00. The van der Waals surface area contributed by atoms with Gasteiger partial charge in [-0.2, -0.15) is 4.99 Å². The number of carbonyl (C=O) groups excluding carboxylic acids is 1. The Morgan fingerprint density at radius 3 is 2.60 bits per heavy atom. The van der Waals surface area contributed by atoms with Gasteiger partial charge in [0.05, 0.1) is 11.9 Å². The van der Waals surface area contributed by atoms with Gasteiger partial charge in [0.25, 0.3) is 0 Å². The fraction of sp³-hybridized carbons (Fsp3) is 0.286. The molecular weight excluding hydrogens is 398 g/mol. The molecule has 1 amide bonds. The molecule has 1 saturated carbocycles. The van der Waals surface area contributed by atoms with Gasteiger partial charge in [0, 0.05) is 12.5 Å². The monoisotopic (exact) mass is 419 g/mol. The van der Waals surface area contributed by atoms with Crippen LogP contribution >= 0.6 is 11.8 Å². The molecule has 2 heterocycles. The van der Waals surface area contributed by atoms with Gasteiger partial charge in [0.1, 0.15) is 0 Å². The number of benzene rings is 2. The van der Waals surface area contributed by atoms with Crippen molar-refractivity contribution in [3.63, 3.8) is 0 Å². The van der Waals surface area contributed by atoms with E-state index in [9.17, 15) is 4.79 Å². The van der Waals surface area contributed by atoms with Crippen molar-refractivity contribution in [2.24, 2.45) is 10.9 Å². The van der Waals surface area contributed by atoms with Crippen molar-refractivity contribution in [1.29, 1.82) is 0 Å². The SMILES string of the molecule is CC(=O)N=C1SC(C2CC2)NN1Cc1ccc(-c2ccccc2-c2nnn[nH]2)cc1. The number of thioether (sulfide) groups is 1. The van der Waals surface area contributed by atoms with Crippen LogP contribution in [0.4, 0.5) is 0 Å². The number of hydrogen-bond acceptors (Lipinski definition) is 6. The predicted molar refractivity (Wildman–Crippen MR) is 116 cm³/mol. The molecule has 0 radical (unpaired) electrons.